The molecule has 0 aromatic carbocycles. The smallest absolute Gasteiger partial charge is 0.221 e. The number of amides is 1. The summed E-state index contributed by atoms with van der Waals surface area (Å²) in [6.45, 7) is 1.68. The summed E-state index contributed by atoms with van der Waals surface area (Å²) in [4.78, 5) is 14.9. The van der Waals surface area contributed by atoms with Crippen LogP contribution in [0.3, 0.4) is 0 Å². The molecule has 18 heavy (non-hydrogen) atoms. The van der Waals surface area contributed by atoms with Crippen LogP contribution in [0.2, 0.25) is 0 Å². The van der Waals surface area contributed by atoms with Gasteiger partial charge in [-0.25, -0.2) is 0 Å². The van der Waals surface area contributed by atoms with Crippen LogP contribution < -0.4 is 15.8 Å². The van der Waals surface area contributed by atoms with Crippen molar-refractivity contribution in [2.24, 2.45) is 0 Å². The zero-order chi connectivity index (χ0) is 13.0. The zero-order valence-corrected chi connectivity index (χ0v) is 9.84. The molecule has 0 saturated carbocycles. The Hall–Kier alpha value is -2.50. The maximum Gasteiger partial charge on any atom is 0.221 e. The summed E-state index contributed by atoms with van der Waals surface area (Å²) in [6.07, 6.45) is 1.57. The second kappa shape index (κ2) is 5.22. The second-order valence-electron chi connectivity index (χ2n) is 3.63. The summed E-state index contributed by atoms with van der Waals surface area (Å²) < 4.78 is 10.5. The fraction of sp³-hybridized carbons (Fsp3) is 0.167. The van der Waals surface area contributed by atoms with Crippen LogP contribution in [0.1, 0.15) is 12.7 Å². The van der Waals surface area contributed by atoms with Crippen LogP contribution in [0.4, 0.5) is 11.5 Å². The van der Waals surface area contributed by atoms with E-state index in [-0.39, 0.29) is 18.3 Å². The number of nitrogens with one attached hydrogen (secondary N) is 1. The minimum absolute atomic E-state index is 0.201. The number of nitrogen functional groups attached to an aromatic ring is 1. The molecule has 0 saturated heterocycles. The van der Waals surface area contributed by atoms with Gasteiger partial charge in [-0.05, 0) is 18.2 Å². The number of anilines is 2. The number of ether oxygens (including phenoxy) is 1. The summed E-state index contributed by atoms with van der Waals surface area (Å²) in [5, 5.41) is 2.57. The summed E-state index contributed by atoms with van der Waals surface area (Å²) in [7, 11) is 0. The Balaban J connectivity index is 2.02. The van der Waals surface area contributed by atoms with E-state index in [4.69, 9.17) is 14.9 Å². The predicted octanol–water partition coefficient (Wildman–Crippen LogP) is 1.79. The first kappa shape index (κ1) is 12.0. The van der Waals surface area contributed by atoms with E-state index in [9.17, 15) is 4.79 Å². The molecule has 2 rings (SSSR count). The van der Waals surface area contributed by atoms with Crippen molar-refractivity contribution in [1.29, 1.82) is 0 Å². The number of nitrogens with zero attached hydrogens (tertiary/aromatic N) is 1. The molecule has 6 heteroatoms. The van der Waals surface area contributed by atoms with Crippen molar-refractivity contribution in [1.82, 2.24) is 4.98 Å². The van der Waals surface area contributed by atoms with Crippen molar-refractivity contribution in [2.75, 3.05) is 11.1 Å². The molecule has 0 aliphatic heterocycles. The number of aromatic nitrogens is 1. The first-order chi connectivity index (χ1) is 8.65. The molecule has 0 aliphatic carbocycles. The lowest BCUT2D eigenvalue weighted by Crippen LogP contribution is -2.09. The first-order valence-corrected chi connectivity index (χ1v) is 5.34. The highest BCUT2D eigenvalue weighted by Gasteiger charge is 2.05. The van der Waals surface area contributed by atoms with E-state index in [0.717, 1.165) is 0 Å². The lowest BCUT2D eigenvalue weighted by Gasteiger charge is -2.08. The van der Waals surface area contributed by atoms with Gasteiger partial charge < -0.3 is 20.2 Å². The standard InChI is InChI=1S/C12H13N3O3/c1-8(16)14-10-4-5-11(15-12(10)13)18-7-9-3-2-6-17-9/h2-6H,7H2,1H3,(H2,13,15)(H,14,16). The van der Waals surface area contributed by atoms with Crippen molar-refractivity contribution >= 4 is 17.4 Å². The first-order valence-electron chi connectivity index (χ1n) is 5.34. The molecule has 0 fully saturated rings. The number of nitrogens with two attached hydrogens (primary N) is 1. The Morgan fingerprint density at radius 1 is 1.50 bits per heavy atom. The molecule has 0 aliphatic rings. The molecule has 0 unspecified atom stereocenters. The van der Waals surface area contributed by atoms with Crippen molar-refractivity contribution < 1.29 is 13.9 Å². The third-order valence-corrected chi connectivity index (χ3v) is 2.15. The highest BCUT2D eigenvalue weighted by Crippen LogP contribution is 2.20. The number of rotatable bonds is 4. The lowest BCUT2D eigenvalue weighted by molar-refractivity contribution is -0.114. The van der Waals surface area contributed by atoms with Gasteiger partial charge in [0.2, 0.25) is 11.8 Å². The maximum atomic E-state index is 10.9. The molecule has 3 N–H and O–H groups in total. The van der Waals surface area contributed by atoms with E-state index in [0.29, 0.717) is 17.3 Å². The van der Waals surface area contributed by atoms with Crippen LogP contribution in [0.15, 0.2) is 34.9 Å². The number of furan rings is 1. The fourth-order valence-electron chi connectivity index (χ4n) is 1.37. The summed E-state index contributed by atoms with van der Waals surface area (Å²) >= 11 is 0. The van der Waals surface area contributed by atoms with Gasteiger partial charge in [0.05, 0.1) is 12.0 Å². The third-order valence-electron chi connectivity index (χ3n) is 2.15. The SMILES string of the molecule is CC(=O)Nc1ccc(OCc2ccco2)nc1N. The van der Waals surface area contributed by atoms with Gasteiger partial charge in [0.25, 0.3) is 0 Å². The van der Waals surface area contributed by atoms with E-state index >= 15 is 0 Å². The van der Waals surface area contributed by atoms with E-state index in [1.54, 1.807) is 30.5 Å². The molecule has 6 nitrogen and oxygen atoms in total. The zero-order valence-electron chi connectivity index (χ0n) is 9.84. The normalized spacial score (nSPS) is 10.1. The van der Waals surface area contributed by atoms with Crippen LogP contribution in [-0.4, -0.2) is 10.9 Å². The Labute approximate surface area is 104 Å². The quantitative estimate of drug-likeness (QED) is 0.859. The van der Waals surface area contributed by atoms with E-state index in [2.05, 4.69) is 10.3 Å². The summed E-state index contributed by atoms with van der Waals surface area (Å²) in [5.41, 5.74) is 6.15. The summed E-state index contributed by atoms with van der Waals surface area (Å²) in [6, 6.07) is 6.85. The molecule has 0 spiro atoms. The predicted molar refractivity (Wildman–Crippen MR) is 66.0 cm³/mol. The Morgan fingerprint density at radius 2 is 2.33 bits per heavy atom. The van der Waals surface area contributed by atoms with Crippen molar-refractivity contribution in [3.05, 3.63) is 36.3 Å². The van der Waals surface area contributed by atoms with Crippen LogP contribution in [0.5, 0.6) is 5.88 Å². The minimum atomic E-state index is -0.201. The number of carbonyl (C=O) groups is 1. The summed E-state index contributed by atoms with van der Waals surface area (Å²) in [5.74, 6) is 1.08. The van der Waals surface area contributed by atoms with Gasteiger partial charge in [-0.2, -0.15) is 4.98 Å². The van der Waals surface area contributed by atoms with Gasteiger partial charge in [-0.1, -0.05) is 0 Å². The fourth-order valence-corrected chi connectivity index (χ4v) is 1.37. The number of hydrogen-bond acceptors (Lipinski definition) is 5. The van der Waals surface area contributed by atoms with Crippen molar-refractivity contribution in [3.8, 4) is 5.88 Å². The molecule has 2 aromatic heterocycles. The van der Waals surface area contributed by atoms with Crippen molar-refractivity contribution in [2.45, 2.75) is 13.5 Å². The van der Waals surface area contributed by atoms with E-state index < -0.39 is 0 Å². The van der Waals surface area contributed by atoms with Crippen LogP contribution >= 0.6 is 0 Å². The lowest BCUT2D eigenvalue weighted by atomic mass is 10.3. The van der Waals surface area contributed by atoms with E-state index in [1.165, 1.54) is 6.92 Å². The average molecular weight is 247 g/mol. The van der Waals surface area contributed by atoms with Crippen LogP contribution in [0.25, 0.3) is 0 Å². The molecule has 1 amide bonds. The molecule has 2 heterocycles. The Kier molecular flexibility index (Phi) is 3.47. The van der Waals surface area contributed by atoms with Crippen LogP contribution in [0, 0.1) is 0 Å². The van der Waals surface area contributed by atoms with Crippen molar-refractivity contribution in [3.63, 3.8) is 0 Å². The highest BCUT2D eigenvalue weighted by atomic mass is 16.5. The molecule has 0 bridgehead atoms. The maximum absolute atomic E-state index is 10.9. The number of carbonyl (C=O) groups excluding carboxylic acids is 1. The average Bonchev–Trinajstić information content (AvgIpc) is 2.82. The van der Waals surface area contributed by atoms with Gasteiger partial charge in [-0.3, -0.25) is 4.79 Å². The molecule has 0 atom stereocenters. The van der Waals surface area contributed by atoms with Gasteiger partial charge in [0.1, 0.15) is 12.4 Å². The van der Waals surface area contributed by atoms with Gasteiger partial charge in [-0.15, -0.1) is 0 Å². The minimum Gasteiger partial charge on any atom is -0.469 e. The Bertz CT molecular complexity index is 538. The third kappa shape index (κ3) is 3.00. The monoisotopic (exact) mass is 247 g/mol. The molecular formula is C12H13N3O3. The molecule has 0 radical (unpaired) electrons. The molecular weight excluding hydrogens is 234 g/mol. The molecule has 94 valence electrons. The molecule has 2 aromatic rings. The highest BCUT2D eigenvalue weighted by molar-refractivity contribution is 5.91. The van der Waals surface area contributed by atoms with Gasteiger partial charge in [0.15, 0.2) is 5.82 Å². The van der Waals surface area contributed by atoms with Crippen LogP contribution in [-0.2, 0) is 11.4 Å². The number of hydrogen-bond donors (Lipinski definition) is 2. The second-order valence-corrected chi connectivity index (χ2v) is 3.63. The topological polar surface area (TPSA) is 90.4 Å². The largest absolute Gasteiger partial charge is 0.469 e. The van der Waals surface area contributed by atoms with Gasteiger partial charge in [0, 0.05) is 13.0 Å². The van der Waals surface area contributed by atoms with E-state index in [1.807, 2.05) is 0 Å². The Morgan fingerprint density at radius 3 is 2.94 bits per heavy atom. The van der Waals surface area contributed by atoms with Gasteiger partial charge >= 0.3 is 0 Å². The number of pyridine rings is 1.